The largest absolute Gasteiger partial charge is 0.355 e. The highest BCUT2D eigenvalue weighted by Crippen LogP contribution is 2.30. The molecule has 1 unspecified atom stereocenters. The van der Waals surface area contributed by atoms with E-state index in [0.717, 1.165) is 54.4 Å². The van der Waals surface area contributed by atoms with Gasteiger partial charge in [0, 0.05) is 18.1 Å². The van der Waals surface area contributed by atoms with E-state index in [2.05, 4.69) is 64.0 Å². The molecule has 0 amide bonds. The average molecular weight is 462 g/mol. The van der Waals surface area contributed by atoms with Crippen molar-refractivity contribution in [3.8, 4) is 0 Å². The minimum absolute atomic E-state index is 0.168. The Morgan fingerprint density at radius 3 is 2.82 bits per heavy atom. The summed E-state index contributed by atoms with van der Waals surface area (Å²) < 4.78 is 2.26. The Bertz CT molecular complexity index is 1200. The standard InChI is InChI=1S/C27H32ClN5/c1-18-15-22(28)7-8-23(18)19(2)33-17-31-24-9-6-21(16-26(24)33)20-10-13-32(14-11-20)27(29)25-5-3-4-12-30-25/h6-10,15-17,19,25,29-30H,3-5,11-14H2,1-2H3/t19?,25-/m1/s1. The number of benzene rings is 2. The Labute approximate surface area is 201 Å². The average Bonchev–Trinajstić information content (AvgIpc) is 3.27. The van der Waals surface area contributed by atoms with Gasteiger partial charge in [-0.2, -0.15) is 0 Å². The van der Waals surface area contributed by atoms with Gasteiger partial charge in [0.2, 0.25) is 0 Å². The number of hydrogen-bond donors (Lipinski definition) is 2. The fourth-order valence-corrected chi connectivity index (χ4v) is 5.47. The van der Waals surface area contributed by atoms with E-state index in [1.807, 2.05) is 18.5 Å². The van der Waals surface area contributed by atoms with E-state index < -0.39 is 0 Å². The molecular formula is C27H32ClN5. The number of nitrogens with zero attached hydrogens (tertiary/aromatic N) is 3. The highest BCUT2D eigenvalue weighted by Gasteiger charge is 2.24. The molecule has 0 radical (unpaired) electrons. The number of piperidine rings is 1. The molecule has 0 spiro atoms. The lowest BCUT2D eigenvalue weighted by Crippen LogP contribution is -2.49. The molecule has 2 aliphatic rings. The van der Waals surface area contributed by atoms with Crippen molar-refractivity contribution in [2.75, 3.05) is 19.6 Å². The van der Waals surface area contributed by atoms with Crippen LogP contribution in [-0.4, -0.2) is 46.0 Å². The maximum Gasteiger partial charge on any atom is 0.114 e. The van der Waals surface area contributed by atoms with Gasteiger partial charge in [0.25, 0.3) is 0 Å². The first-order valence-electron chi connectivity index (χ1n) is 12.0. The first-order chi connectivity index (χ1) is 16.0. The van der Waals surface area contributed by atoms with Crippen LogP contribution in [0.5, 0.6) is 0 Å². The minimum atomic E-state index is 0.168. The number of amidine groups is 1. The van der Waals surface area contributed by atoms with Crippen LogP contribution in [0.15, 0.2) is 48.8 Å². The summed E-state index contributed by atoms with van der Waals surface area (Å²) in [5, 5.41) is 12.9. The van der Waals surface area contributed by atoms with Gasteiger partial charge in [0.05, 0.1) is 29.4 Å². The molecule has 5 rings (SSSR count). The second-order valence-electron chi connectivity index (χ2n) is 9.35. The molecule has 1 saturated heterocycles. The van der Waals surface area contributed by atoms with Gasteiger partial charge in [-0.1, -0.05) is 36.2 Å². The Balaban J connectivity index is 1.37. The number of halogens is 1. The molecule has 2 aliphatic heterocycles. The molecule has 0 aliphatic carbocycles. The topological polar surface area (TPSA) is 56.9 Å². The first-order valence-corrected chi connectivity index (χ1v) is 12.4. The van der Waals surface area contributed by atoms with Crippen LogP contribution in [0.25, 0.3) is 16.6 Å². The van der Waals surface area contributed by atoms with Crippen molar-refractivity contribution in [3.63, 3.8) is 0 Å². The summed E-state index contributed by atoms with van der Waals surface area (Å²) in [4.78, 5) is 6.88. The highest BCUT2D eigenvalue weighted by atomic mass is 35.5. The van der Waals surface area contributed by atoms with E-state index in [1.54, 1.807) is 0 Å². The Morgan fingerprint density at radius 1 is 1.21 bits per heavy atom. The SMILES string of the molecule is Cc1cc(Cl)ccc1C(C)n1cnc2ccc(C3=CCN(C(=N)[C@H]4CCCCN4)CC3)cc21. The van der Waals surface area contributed by atoms with Gasteiger partial charge in [-0.05, 0) is 86.2 Å². The molecule has 2 aromatic carbocycles. The molecule has 2 atom stereocenters. The molecule has 2 N–H and O–H groups in total. The second kappa shape index (κ2) is 9.32. The van der Waals surface area contributed by atoms with E-state index in [4.69, 9.17) is 17.0 Å². The van der Waals surface area contributed by atoms with E-state index in [0.29, 0.717) is 0 Å². The van der Waals surface area contributed by atoms with Crippen molar-refractivity contribution in [2.24, 2.45) is 0 Å². The zero-order valence-corrected chi connectivity index (χ0v) is 20.2. The number of aromatic nitrogens is 2. The Morgan fingerprint density at radius 2 is 2.09 bits per heavy atom. The molecule has 3 aromatic rings. The molecule has 1 aromatic heterocycles. The van der Waals surface area contributed by atoms with Crippen molar-refractivity contribution < 1.29 is 0 Å². The van der Waals surface area contributed by atoms with Crippen molar-refractivity contribution in [3.05, 3.63) is 70.5 Å². The van der Waals surface area contributed by atoms with Crippen molar-refractivity contribution in [1.82, 2.24) is 19.8 Å². The van der Waals surface area contributed by atoms with Gasteiger partial charge in [-0.25, -0.2) is 4.98 Å². The lowest BCUT2D eigenvalue weighted by molar-refractivity contribution is 0.392. The third-order valence-electron chi connectivity index (χ3n) is 7.23. The van der Waals surface area contributed by atoms with Crippen LogP contribution in [0, 0.1) is 12.3 Å². The fourth-order valence-electron chi connectivity index (χ4n) is 5.25. The van der Waals surface area contributed by atoms with Gasteiger partial charge in [-0.15, -0.1) is 0 Å². The summed E-state index contributed by atoms with van der Waals surface area (Å²) >= 11 is 6.18. The predicted octanol–water partition coefficient (Wildman–Crippen LogP) is 5.82. The summed E-state index contributed by atoms with van der Waals surface area (Å²) in [6.45, 7) is 7.07. The van der Waals surface area contributed by atoms with Crippen LogP contribution in [0.3, 0.4) is 0 Å². The molecule has 5 nitrogen and oxygen atoms in total. The van der Waals surface area contributed by atoms with Crippen molar-refractivity contribution >= 4 is 34.0 Å². The number of aryl methyl sites for hydroxylation is 1. The van der Waals surface area contributed by atoms with Crippen LogP contribution < -0.4 is 5.32 Å². The van der Waals surface area contributed by atoms with Gasteiger partial charge >= 0.3 is 0 Å². The third-order valence-corrected chi connectivity index (χ3v) is 7.47. The molecule has 6 heteroatoms. The first kappa shape index (κ1) is 22.2. The molecule has 0 saturated carbocycles. The van der Waals surface area contributed by atoms with E-state index in [9.17, 15) is 0 Å². The van der Waals surface area contributed by atoms with Gasteiger partial charge in [0.1, 0.15) is 5.84 Å². The van der Waals surface area contributed by atoms with Gasteiger partial charge in [0.15, 0.2) is 0 Å². The van der Waals surface area contributed by atoms with E-state index >= 15 is 0 Å². The van der Waals surface area contributed by atoms with Crippen LogP contribution in [0.4, 0.5) is 0 Å². The number of imidazole rings is 1. The fraction of sp³-hybridized carbons (Fsp3) is 0.407. The summed E-state index contributed by atoms with van der Waals surface area (Å²) in [6, 6.07) is 13.1. The van der Waals surface area contributed by atoms with Gasteiger partial charge in [-0.3, -0.25) is 5.41 Å². The molecular weight excluding hydrogens is 430 g/mol. The van der Waals surface area contributed by atoms with Crippen LogP contribution >= 0.6 is 11.6 Å². The van der Waals surface area contributed by atoms with E-state index in [1.165, 1.54) is 35.1 Å². The Kier molecular flexibility index (Phi) is 6.26. The number of fused-ring (bicyclic) bond motifs is 1. The number of rotatable bonds is 4. The van der Waals surface area contributed by atoms with Crippen molar-refractivity contribution in [2.45, 2.75) is 51.6 Å². The van der Waals surface area contributed by atoms with Crippen LogP contribution in [0.2, 0.25) is 5.02 Å². The number of nitrogens with one attached hydrogen (secondary N) is 2. The zero-order valence-electron chi connectivity index (χ0n) is 19.4. The normalized spacial score (nSPS) is 20.0. The third kappa shape index (κ3) is 4.44. The van der Waals surface area contributed by atoms with E-state index in [-0.39, 0.29) is 12.1 Å². The smallest absolute Gasteiger partial charge is 0.114 e. The lowest BCUT2D eigenvalue weighted by atomic mass is 9.97. The maximum atomic E-state index is 8.64. The zero-order chi connectivity index (χ0) is 22.9. The van der Waals surface area contributed by atoms with Crippen LogP contribution in [0.1, 0.15) is 55.3 Å². The maximum absolute atomic E-state index is 8.64. The Hall–Kier alpha value is -2.63. The lowest BCUT2D eigenvalue weighted by Gasteiger charge is -2.34. The molecule has 3 heterocycles. The summed E-state index contributed by atoms with van der Waals surface area (Å²) in [6.07, 6.45) is 8.73. The second-order valence-corrected chi connectivity index (χ2v) is 9.78. The summed E-state index contributed by atoms with van der Waals surface area (Å²) in [5.41, 5.74) is 7.23. The van der Waals surface area contributed by atoms with Gasteiger partial charge < -0.3 is 14.8 Å². The quantitative estimate of drug-likeness (QED) is 0.380. The predicted molar refractivity (Wildman–Crippen MR) is 137 cm³/mol. The van der Waals surface area contributed by atoms with Crippen LogP contribution in [-0.2, 0) is 0 Å². The minimum Gasteiger partial charge on any atom is -0.355 e. The summed E-state index contributed by atoms with van der Waals surface area (Å²) in [7, 11) is 0. The molecule has 1 fully saturated rings. The molecule has 33 heavy (non-hydrogen) atoms. The summed E-state index contributed by atoms with van der Waals surface area (Å²) in [5.74, 6) is 0.755. The van der Waals surface area contributed by atoms with Crippen molar-refractivity contribution in [1.29, 1.82) is 5.41 Å². The molecule has 172 valence electrons. The monoisotopic (exact) mass is 461 g/mol. The highest BCUT2D eigenvalue weighted by molar-refractivity contribution is 6.30. The number of hydrogen-bond acceptors (Lipinski definition) is 3. The molecule has 0 bridgehead atoms.